The molecule has 4 nitrogen and oxygen atoms in total. The van der Waals surface area contributed by atoms with Crippen molar-refractivity contribution in [1.82, 2.24) is 0 Å². The number of hydrogen-bond acceptors (Lipinski definition) is 4. The maximum atomic E-state index is 13.2. The summed E-state index contributed by atoms with van der Waals surface area (Å²) >= 11 is 0. The molecule has 1 aliphatic rings. The Bertz CT molecular complexity index is 1140. The Balaban J connectivity index is 1.86. The quantitative estimate of drug-likeness (QED) is 0.737. The molecule has 3 aromatic carbocycles. The normalized spacial score (nSPS) is 18.8. The lowest BCUT2D eigenvalue weighted by Gasteiger charge is -2.24. The molecule has 0 radical (unpaired) electrons. The maximum Gasteiger partial charge on any atom is 0.208 e. The van der Waals surface area contributed by atoms with Gasteiger partial charge in [0.1, 0.15) is 5.54 Å². The van der Waals surface area contributed by atoms with Crippen molar-refractivity contribution in [3.05, 3.63) is 89.5 Å². The number of Topliss-reactive ketones (excluding diaryl/α,β-unsaturated/α-hetero) is 1. The maximum absolute atomic E-state index is 13.2. The van der Waals surface area contributed by atoms with E-state index < -0.39 is 15.4 Å². The highest BCUT2D eigenvalue weighted by Gasteiger charge is 2.44. The molecular formula is C22H19NO3S. The van der Waals surface area contributed by atoms with Crippen LogP contribution in [0.5, 0.6) is 0 Å². The Morgan fingerprint density at radius 1 is 0.852 bits per heavy atom. The summed E-state index contributed by atoms with van der Waals surface area (Å²) in [7, 11) is -3.75. The molecule has 0 amide bonds. The summed E-state index contributed by atoms with van der Waals surface area (Å²) in [6.45, 7) is 3.69. The molecule has 1 heterocycles. The predicted molar refractivity (Wildman–Crippen MR) is 105 cm³/mol. The van der Waals surface area contributed by atoms with E-state index >= 15 is 0 Å². The van der Waals surface area contributed by atoms with Gasteiger partial charge in [-0.3, -0.25) is 4.79 Å². The van der Waals surface area contributed by atoms with Crippen LogP contribution in [-0.2, 0) is 15.4 Å². The van der Waals surface area contributed by atoms with Crippen LogP contribution in [0, 0.1) is 6.92 Å². The Morgan fingerprint density at radius 2 is 1.52 bits per heavy atom. The molecule has 0 fully saturated rings. The van der Waals surface area contributed by atoms with Crippen LogP contribution >= 0.6 is 0 Å². The lowest BCUT2D eigenvalue weighted by Crippen LogP contribution is -2.35. The van der Waals surface area contributed by atoms with Gasteiger partial charge in [0.25, 0.3) is 0 Å². The summed E-state index contributed by atoms with van der Waals surface area (Å²) in [5.41, 5.74) is 1.55. The number of aryl methyl sites for hydroxylation is 1. The smallest absolute Gasteiger partial charge is 0.208 e. The largest absolute Gasteiger partial charge is 0.367 e. The molecule has 27 heavy (non-hydrogen) atoms. The van der Waals surface area contributed by atoms with Gasteiger partial charge in [0, 0.05) is 5.56 Å². The van der Waals surface area contributed by atoms with Crippen LogP contribution in [0.3, 0.4) is 0 Å². The Kier molecular flexibility index (Phi) is 3.93. The second kappa shape index (κ2) is 6.06. The number of nitrogens with one attached hydrogen (secondary N) is 1. The summed E-state index contributed by atoms with van der Waals surface area (Å²) in [6.07, 6.45) is 0. The van der Waals surface area contributed by atoms with Crippen molar-refractivity contribution in [3.8, 4) is 0 Å². The van der Waals surface area contributed by atoms with Crippen molar-refractivity contribution in [1.29, 1.82) is 0 Å². The fraction of sp³-hybridized carbons (Fsp3) is 0.136. The zero-order valence-electron chi connectivity index (χ0n) is 15.1. The lowest BCUT2D eigenvalue weighted by molar-refractivity contribution is 0.0928. The van der Waals surface area contributed by atoms with Crippen LogP contribution in [0.25, 0.3) is 0 Å². The Morgan fingerprint density at radius 3 is 2.19 bits per heavy atom. The summed E-state index contributed by atoms with van der Waals surface area (Å²) in [5, 5.41) is 3.20. The first-order valence-electron chi connectivity index (χ1n) is 8.67. The molecule has 5 heteroatoms. The highest BCUT2D eigenvalue weighted by molar-refractivity contribution is 7.91. The van der Waals surface area contributed by atoms with E-state index in [4.69, 9.17) is 0 Å². The van der Waals surface area contributed by atoms with Gasteiger partial charge in [-0.05, 0) is 43.7 Å². The van der Waals surface area contributed by atoms with Gasteiger partial charge in [0.2, 0.25) is 9.84 Å². The molecule has 136 valence electrons. The minimum absolute atomic E-state index is 0.122. The lowest BCUT2D eigenvalue weighted by atomic mass is 9.88. The molecular weight excluding hydrogens is 358 g/mol. The standard InChI is InChI=1S/C22H19NO3S/c1-15-11-13-17(14-12-15)27(25,26)19-10-6-9-18-20(19)23-22(2,21(18)24)16-7-4-3-5-8-16/h3-14,23H,1-2H3. The SMILES string of the molecule is Cc1ccc(S(=O)(=O)c2cccc3c2NC(C)(c2ccccc2)C3=O)cc1. The average Bonchev–Trinajstić information content (AvgIpc) is 2.94. The third-order valence-corrected chi connectivity index (χ3v) is 6.88. The molecule has 0 saturated carbocycles. The number of sulfone groups is 1. The molecule has 4 rings (SSSR count). The molecule has 0 aromatic heterocycles. The minimum atomic E-state index is -3.75. The Labute approximate surface area is 158 Å². The molecule has 3 aromatic rings. The topological polar surface area (TPSA) is 63.2 Å². The molecule has 0 aliphatic carbocycles. The second-order valence-electron chi connectivity index (χ2n) is 6.94. The van der Waals surface area contributed by atoms with E-state index in [0.717, 1.165) is 11.1 Å². The fourth-order valence-electron chi connectivity index (χ4n) is 3.47. The summed E-state index contributed by atoms with van der Waals surface area (Å²) in [5.74, 6) is -0.135. The monoisotopic (exact) mass is 377 g/mol. The molecule has 0 saturated heterocycles. The first kappa shape index (κ1) is 17.5. The summed E-state index contributed by atoms with van der Waals surface area (Å²) in [6, 6.07) is 20.9. The second-order valence-corrected chi connectivity index (χ2v) is 8.86. The third-order valence-electron chi connectivity index (χ3n) is 5.07. The van der Waals surface area contributed by atoms with Gasteiger partial charge in [-0.25, -0.2) is 8.42 Å². The van der Waals surface area contributed by atoms with Gasteiger partial charge in [-0.1, -0.05) is 54.1 Å². The van der Waals surface area contributed by atoms with Gasteiger partial charge in [-0.15, -0.1) is 0 Å². The van der Waals surface area contributed by atoms with E-state index in [1.807, 2.05) is 37.3 Å². The molecule has 1 atom stereocenters. The Hall–Kier alpha value is -2.92. The summed E-state index contributed by atoms with van der Waals surface area (Å²) in [4.78, 5) is 13.5. The van der Waals surface area contributed by atoms with Crippen LogP contribution in [0.1, 0.15) is 28.4 Å². The first-order valence-corrected chi connectivity index (χ1v) is 10.2. The van der Waals surface area contributed by atoms with E-state index in [1.165, 1.54) is 0 Å². The first-order chi connectivity index (χ1) is 12.8. The zero-order valence-corrected chi connectivity index (χ0v) is 15.9. The predicted octanol–water partition coefficient (Wildman–Crippen LogP) is 4.35. The van der Waals surface area contributed by atoms with Crippen molar-refractivity contribution in [2.24, 2.45) is 0 Å². The van der Waals surface area contributed by atoms with Gasteiger partial charge in [0.15, 0.2) is 5.78 Å². The third kappa shape index (κ3) is 2.66. The highest BCUT2D eigenvalue weighted by Crippen LogP contribution is 2.43. The van der Waals surface area contributed by atoms with Gasteiger partial charge in [-0.2, -0.15) is 0 Å². The van der Waals surface area contributed by atoms with E-state index in [2.05, 4.69) is 5.32 Å². The van der Waals surface area contributed by atoms with Crippen molar-refractivity contribution >= 4 is 21.3 Å². The summed E-state index contributed by atoms with van der Waals surface area (Å²) < 4.78 is 26.4. The van der Waals surface area contributed by atoms with Crippen LogP contribution in [0.15, 0.2) is 82.6 Å². The van der Waals surface area contributed by atoms with Gasteiger partial charge < -0.3 is 5.32 Å². The molecule has 1 unspecified atom stereocenters. The number of para-hydroxylation sites is 1. The van der Waals surface area contributed by atoms with Gasteiger partial charge >= 0.3 is 0 Å². The van der Waals surface area contributed by atoms with Crippen LogP contribution < -0.4 is 5.32 Å². The van der Waals surface area contributed by atoms with E-state index in [0.29, 0.717) is 11.3 Å². The molecule has 0 spiro atoms. The van der Waals surface area contributed by atoms with Crippen molar-refractivity contribution in [2.45, 2.75) is 29.2 Å². The van der Waals surface area contributed by atoms with Crippen LogP contribution in [-0.4, -0.2) is 14.2 Å². The van der Waals surface area contributed by atoms with E-state index in [1.54, 1.807) is 49.4 Å². The van der Waals surface area contributed by atoms with Crippen LogP contribution in [0.4, 0.5) is 5.69 Å². The van der Waals surface area contributed by atoms with Crippen molar-refractivity contribution in [3.63, 3.8) is 0 Å². The minimum Gasteiger partial charge on any atom is -0.367 e. The van der Waals surface area contributed by atoms with Gasteiger partial charge in [0.05, 0.1) is 15.5 Å². The number of anilines is 1. The fourth-order valence-corrected chi connectivity index (χ4v) is 4.90. The number of fused-ring (bicyclic) bond motifs is 1. The molecule has 1 aliphatic heterocycles. The number of hydrogen-bond donors (Lipinski definition) is 1. The number of carbonyl (C=O) groups excluding carboxylic acids is 1. The van der Waals surface area contributed by atoms with Crippen LogP contribution in [0.2, 0.25) is 0 Å². The number of benzene rings is 3. The number of rotatable bonds is 3. The average molecular weight is 377 g/mol. The number of ketones is 1. The van der Waals surface area contributed by atoms with Crippen molar-refractivity contribution < 1.29 is 13.2 Å². The number of carbonyl (C=O) groups is 1. The molecule has 0 bridgehead atoms. The molecule has 1 N–H and O–H groups in total. The van der Waals surface area contributed by atoms with E-state index in [-0.39, 0.29) is 15.6 Å². The van der Waals surface area contributed by atoms with Crippen molar-refractivity contribution in [2.75, 3.05) is 5.32 Å². The highest BCUT2D eigenvalue weighted by atomic mass is 32.2. The van der Waals surface area contributed by atoms with E-state index in [9.17, 15) is 13.2 Å². The zero-order chi connectivity index (χ0) is 19.2.